The molecule has 0 heterocycles. The fraction of sp³-hybridized carbons (Fsp3) is 0.417. The second kappa shape index (κ2) is 5.56. The number of carbonyl (C=O) groups is 1. The van der Waals surface area contributed by atoms with E-state index < -0.39 is 29.0 Å². The van der Waals surface area contributed by atoms with Crippen molar-refractivity contribution in [2.75, 3.05) is 13.6 Å². The summed E-state index contributed by atoms with van der Waals surface area (Å²) in [6, 6.07) is 2.25. The predicted octanol–water partition coefficient (Wildman–Crippen LogP) is 2.26. The molecule has 0 saturated carbocycles. The maximum atomic E-state index is 13.7. The molecule has 0 bridgehead atoms. The third kappa shape index (κ3) is 3.66. The summed E-state index contributed by atoms with van der Waals surface area (Å²) in [4.78, 5) is 12.9. The zero-order chi connectivity index (χ0) is 14.8. The highest BCUT2D eigenvalue weighted by molar-refractivity contribution is 5.94. The molecule has 3 nitrogen and oxygen atoms in total. The molecule has 1 aromatic carbocycles. The number of amides is 1. The van der Waals surface area contributed by atoms with Gasteiger partial charge in [-0.25, -0.2) is 4.39 Å². The van der Waals surface area contributed by atoms with Crippen molar-refractivity contribution in [3.8, 4) is 0 Å². The van der Waals surface area contributed by atoms with Crippen molar-refractivity contribution in [1.82, 2.24) is 4.90 Å². The minimum atomic E-state index is -4.83. The van der Waals surface area contributed by atoms with Crippen LogP contribution in [0.1, 0.15) is 22.8 Å². The number of benzene rings is 1. The van der Waals surface area contributed by atoms with Crippen LogP contribution in [0.25, 0.3) is 0 Å². The van der Waals surface area contributed by atoms with Crippen LogP contribution in [-0.2, 0) is 6.18 Å². The summed E-state index contributed by atoms with van der Waals surface area (Å²) in [7, 11) is 1.35. The number of rotatable bonds is 3. The SMILES string of the molecule is CC(N)CN(C)C(=O)c1cccc(C(F)(F)F)c1F. The largest absolute Gasteiger partial charge is 0.419 e. The van der Waals surface area contributed by atoms with Gasteiger partial charge in [0.2, 0.25) is 0 Å². The average Bonchev–Trinajstić information content (AvgIpc) is 2.25. The quantitative estimate of drug-likeness (QED) is 0.862. The summed E-state index contributed by atoms with van der Waals surface area (Å²) in [6.45, 7) is 1.75. The first kappa shape index (κ1) is 15.4. The van der Waals surface area contributed by atoms with Crippen LogP contribution in [0, 0.1) is 5.82 Å². The molecule has 2 N–H and O–H groups in total. The van der Waals surface area contributed by atoms with Crippen LogP contribution < -0.4 is 5.73 Å². The fourth-order valence-corrected chi connectivity index (χ4v) is 1.64. The smallest absolute Gasteiger partial charge is 0.340 e. The average molecular weight is 278 g/mol. The number of nitrogens with two attached hydrogens (primary N) is 1. The van der Waals surface area contributed by atoms with E-state index in [4.69, 9.17) is 5.73 Å². The van der Waals surface area contributed by atoms with Gasteiger partial charge in [-0.15, -0.1) is 0 Å². The summed E-state index contributed by atoms with van der Waals surface area (Å²) in [5, 5.41) is 0. The van der Waals surface area contributed by atoms with E-state index in [-0.39, 0.29) is 12.6 Å². The lowest BCUT2D eigenvalue weighted by atomic mass is 10.1. The molecule has 1 rings (SSSR count). The number of nitrogens with zero attached hydrogens (tertiary/aromatic N) is 1. The second-order valence-corrected chi connectivity index (χ2v) is 4.33. The van der Waals surface area contributed by atoms with Gasteiger partial charge in [0.05, 0.1) is 11.1 Å². The molecular formula is C12H14F4N2O. The zero-order valence-corrected chi connectivity index (χ0v) is 10.5. The number of likely N-dealkylation sites (N-methyl/N-ethyl adjacent to an activating group) is 1. The van der Waals surface area contributed by atoms with E-state index in [1.54, 1.807) is 6.92 Å². The molecule has 1 aromatic rings. The highest BCUT2D eigenvalue weighted by Crippen LogP contribution is 2.32. The molecule has 0 spiro atoms. The van der Waals surface area contributed by atoms with Crippen molar-refractivity contribution in [2.45, 2.75) is 19.1 Å². The van der Waals surface area contributed by atoms with Gasteiger partial charge >= 0.3 is 6.18 Å². The van der Waals surface area contributed by atoms with E-state index >= 15 is 0 Å². The van der Waals surface area contributed by atoms with Gasteiger partial charge < -0.3 is 10.6 Å². The Balaban J connectivity index is 3.12. The third-order valence-corrected chi connectivity index (χ3v) is 2.44. The maximum absolute atomic E-state index is 13.7. The standard InChI is InChI=1S/C12H14F4N2O/c1-7(17)6-18(2)11(19)8-4-3-5-9(10(8)13)12(14,15)16/h3-5,7H,6,17H2,1-2H3. The van der Waals surface area contributed by atoms with Crippen LogP contribution >= 0.6 is 0 Å². The van der Waals surface area contributed by atoms with Gasteiger partial charge in [0, 0.05) is 19.6 Å². The minimum absolute atomic E-state index is 0.120. The first-order chi connectivity index (χ1) is 8.64. The molecule has 7 heteroatoms. The number of carbonyl (C=O) groups excluding carboxylic acids is 1. The van der Waals surface area contributed by atoms with E-state index in [0.29, 0.717) is 6.07 Å². The Morgan fingerprint density at radius 1 is 1.42 bits per heavy atom. The van der Waals surface area contributed by atoms with Crippen molar-refractivity contribution in [1.29, 1.82) is 0 Å². The highest BCUT2D eigenvalue weighted by atomic mass is 19.4. The van der Waals surface area contributed by atoms with Gasteiger partial charge in [-0.3, -0.25) is 4.79 Å². The van der Waals surface area contributed by atoms with Gasteiger partial charge in [-0.05, 0) is 19.1 Å². The van der Waals surface area contributed by atoms with Crippen molar-refractivity contribution in [3.05, 3.63) is 35.1 Å². The van der Waals surface area contributed by atoms with Crippen LogP contribution in [0.3, 0.4) is 0 Å². The lowest BCUT2D eigenvalue weighted by Gasteiger charge is -2.20. The van der Waals surface area contributed by atoms with Gasteiger partial charge in [-0.2, -0.15) is 13.2 Å². The van der Waals surface area contributed by atoms with Crippen LogP contribution in [0.15, 0.2) is 18.2 Å². The molecule has 0 radical (unpaired) electrons. The Morgan fingerprint density at radius 2 is 2.00 bits per heavy atom. The fourth-order valence-electron chi connectivity index (χ4n) is 1.64. The number of halogens is 4. The minimum Gasteiger partial charge on any atom is -0.340 e. The molecule has 0 aromatic heterocycles. The summed E-state index contributed by atoms with van der Waals surface area (Å²) >= 11 is 0. The molecule has 0 saturated heterocycles. The lowest BCUT2D eigenvalue weighted by molar-refractivity contribution is -0.140. The Hall–Kier alpha value is -1.63. The molecule has 0 aliphatic heterocycles. The van der Waals surface area contributed by atoms with Crippen molar-refractivity contribution < 1.29 is 22.4 Å². The Morgan fingerprint density at radius 3 is 2.47 bits per heavy atom. The zero-order valence-electron chi connectivity index (χ0n) is 10.5. The van der Waals surface area contributed by atoms with E-state index in [1.807, 2.05) is 0 Å². The van der Waals surface area contributed by atoms with E-state index in [9.17, 15) is 22.4 Å². The summed E-state index contributed by atoms with van der Waals surface area (Å²) in [6.07, 6.45) is -4.83. The van der Waals surface area contributed by atoms with Crippen molar-refractivity contribution in [3.63, 3.8) is 0 Å². The lowest BCUT2D eigenvalue weighted by Crippen LogP contribution is -2.37. The molecular weight excluding hydrogens is 264 g/mol. The molecule has 1 amide bonds. The van der Waals surface area contributed by atoms with Crippen LogP contribution in [0.5, 0.6) is 0 Å². The van der Waals surface area contributed by atoms with Crippen molar-refractivity contribution in [2.24, 2.45) is 5.73 Å². The van der Waals surface area contributed by atoms with Crippen LogP contribution in [-0.4, -0.2) is 30.4 Å². The van der Waals surface area contributed by atoms with Crippen LogP contribution in [0.2, 0.25) is 0 Å². The molecule has 0 fully saturated rings. The molecule has 106 valence electrons. The predicted molar refractivity (Wildman–Crippen MR) is 62.0 cm³/mol. The molecule has 1 atom stereocenters. The normalized spacial score (nSPS) is 13.2. The summed E-state index contributed by atoms with van der Waals surface area (Å²) in [5.41, 5.74) is 3.41. The maximum Gasteiger partial charge on any atom is 0.419 e. The number of hydrogen-bond acceptors (Lipinski definition) is 2. The number of alkyl halides is 3. The van der Waals surface area contributed by atoms with E-state index in [1.165, 1.54) is 7.05 Å². The van der Waals surface area contributed by atoms with Gasteiger partial charge in [0.15, 0.2) is 0 Å². The van der Waals surface area contributed by atoms with Gasteiger partial charge in [-0.1, -0.05) is 6.07 Å². The topological polar surface area (TPSA) is 46.3 Å². The summed E-state index contributed by atoms with van der Waals surface area (Å²) < 4.78 is 51.3. The van der Waals surface area contributed by atoms with Crippen molar-refractivity contribution >= 4 is 5.91 Å². The third-order valence-electron chi connectivity index (χ3n) is 2.44. The van der Waals surface area contributed by atoms with E-state index in [0.717, 1.165) is 17.0 Å². The Bertz CT molecular complexity index is 471. The van der Waals surface area contributed by atoms with Gasteiger partial charge in [0.25, 0.3) is 5.91 Å². The molecule has 0 aliphatic carbocycles. The van der Waals surface area contributed by atoms with Gasteiger partial charge in [0.1, 0.15) is 5.82 Å². The molecule has 1 unspecified atom stereocenters. The Kier molecular flexibility index (Phi) is 4.52. The Labute approximate surface area is 108 Å². The monoisotopic (exact) mass is 278 g/mol. The summed E-state index contributed by atoms with van der Waals surface area (Å²) in [5.74, 6) is -2.39. The highest BCUT2D eigenvalue weighted by Gasteiger charge is 2.36. The first-order valence-corrected chi connectivity index (χ1v) is 5.51. The second-order valence-electron chi connectivity index (χ2n) is 4.33. The molecule has 0 aliphatic rings. The first-order valence-electron chi connectivity index (χ1n) is 5.51. The molecule has 19 heavy (non-hydrogen) atoms. The van der Waals surface area contributed by atoms with E-state index in [2.05, 4.69) is 0 Å². The number of hydrogen-bond donors (Lipinski definition) is 1. The van der Waals surface area contributed by atoms with Crippen LogP contribution in [0.4, 0.5) is 17.6 Å².